The average Bonchev–Trinajstić information content (AvgIpc) is 3.13. The summed E-state index contributed by atoms with van der Waals surface area (Å²) in [6, 6.07) is 0. The number of nitrogens with one attached hydrogen (secondary N) is 2. The van der Waals surface area contributed by atoms with E-state index in [1.54, 1.807) is 0 Å². The van der Waals surface area contributed by atoms with E-state index in [1.807, 2.05) is 20.0 Å². The molecule has 3 saturated carbocycles. The quantitative estimate of drug-likeness (QED) is 0.266. The van der Waals surface area contributed by atoms with Crippen molar-refractivity contribution in [3.05, 3.63) is 11.6 Å². The van der Waals surface area contributed by atoms with Crippen molar-refractivity contribution in [2.24, 2.45) is 39.7 Å². The van der Waals surface area contributed by atoms with Crippen LogP contribution >= 0.6 is 0 Å². The summed E-state index contributed by atoms with van der Waals surface area (Å²) in [5.41, 5.74) is 2.84. The van der Waals surface area contributed by atoms with Crippen LogP contribution in [0.5, 0.6) is 0 Å². The zero-order valence-corrected chi connectivity index (χ0v) is 20.3. The fourth-order valence-electron chi connectivity index (χ4n) is 7.91. The standard InChI is InChI=1S/C26H41N3O3/c1-17(29-32-24(31)28-15-5-14-27-4)21-8-9-22-20-7-6-18-16-19(30)10-12-25(18,2)23(20)11-13-26(21,22)3/h16,20-23,27H,5-15H2,1-4H3,(H,28,31)/b29-17+/t20-,21+,22-,23-,25-,26+/m0/s1. The van der Waals surface area contributed by atoms with Crippen molar-refractivity contribution in [1.29, 1.82) is 0 Å². The Kier molecular flexibility index (Phi) is 6.81. The van der Waals surface area contributed by atoms with Crippen LogP contribution in [0.4, 0.5) is 4.79 Å². The molecule has 0 aromatic rings. The Balaban J connectivity index is 1.42. The highest BCUT2D eigenvalue weighted by atomic mass is 16.7. The van der Waals surface area contributed by atoms with Gasteiger partial charge in [-0.2, -0.15) is 0 Å². The Hall–Kier alpha value is -1.69. The normalized spacial score (nSPS) is 38.9. The summed E-state index contributed by atoms with van der Waals surface area (Å²) in [6.45, 7) is 8.38. The predicted molar refractivity (Wildman–Crippen MR) is 126 cm³/mol. The fraction of sp³-hybridized carbons (Fsp3) is 0.808. The van der Waals surface area contributed by atoms with Crippen LogP contribution in [0, 0.1) is 34.5 Å². The first-order valence-electron chi connectivity index (χ1n) is 12.7. The second kappa shape index (κ2) is 9.28. The van der Waals surface area contributed by atoms with E-state index in [-0.39, 0.29) is 10.8 Å². The van der Waals surface area contributed by atoms with Crippen LogP contribution in [-0.4, -0.2) is 37.7 Å². The number of allylic oxidation sites excluding steroid dienone is 1. The number of rotatable bonds is 6. The van der Waals surface area contributed by atoms with Gasteiger partial charge in [-0.25, -0.2) is 4.79 Å². The lowest BCUT2D eigenvalue weighted by Crippen LogP contribution is -2.51. The first kappa shape index (κ1) is 23.5. The van der Waals surface area contributed by atoms with Crippen LogP contribution in [0.15, 0.2) is 16.8 Å². The molecule has 3 fully saturated rings. The first-order chi connectivity index (χ1) is 15.3. The molecule has 178 valence electrons. The van der Waals surface area contributed by atoms with Gasteiger partial charge in [0.05, 0.1) is 5.71 Å². The van der Waals surface area contributed by atoms with Crippen LogP contribution in [0.25, 0.3) is 0 Å². The number of nitrogens with zero attached hydrogens (tertiary/aromatic N) is 1. The van der Waals surface area contributed by atoms with Gasteiger partial charge in [-0.15, -0.1) is 0 Å². The molecule has 0 radical (unpaired) electrons. The summed E-state index contributed by atoms with van der Waals surface area (Å²) in [4.78, 5) is 29.2. The van der Waals surface area contributed by atoms with Gasteiger partial charge in [0.2, 0.25) is 0 Å². The van der Waals surface area contributed by atoms with Gasteiger partial charge < -0.3 is 10.6 Å². The monoisotopic (exact) mass is 443 g/mol. The second-order valence-corrected chi connectivity index (χ2v) is 11.1. The summed E-state index contributed by atoms with van der Waals surface area (Å²) in [7, 11) is 1.90. The maximum Gasteiger partial charge on any atom is 0.433 e. The molecule has 0 saturated heterocycles. The summed E-state index contributed by atoms with van der Waals surface area (Å²) in [6.07, 6.45) is 11.2. The molecule has 6 heteroatoms. The number of carbonyl (C=O) groups is 2. The summed E-state index contributed by atoms with van der Waals surface area (Å²) < 4.78 is 0. The van der Waals surface area contributed by atoms with E-state index in [2.05, 4.69) is 29.6 Å². The van der Waals surface area contributed by atoms with Crippen LogP contribution in [-0.2, 0) is 9.63 Å². The molecule has 0 spiro atoms. The molecule has 32 heavy (non-hydrogen) atoms. The first-order valence-corrected chi connectivity index (χ1v) is 12.7. The molecular weight excluding hydrogens is 402 g/mol. The number of amides is 1. The predicted octanol–water partition coefficient (Wildman–Crippen LogP) is 4.85. The minimum Gasteiger partial charge on any atom is -0.320 e. The molecule has 4 aliphatic rings. The smallest absolute Gasteiger partial charge is 0.320 e. The zero-order valence-electron chi connectivity index (χ0n) is 20.3. The van der Waals surface area contributed by atoms with Gasteiger partial charge in [-0.05, 0) is 107 Å². The van der Waals surface area contributed by atoms with Crippen molar-refractivity contribution in [1.82, 2.24) is 10.6 Å². The number of ketones is 1. The molecule has 4 aliphatic carbocycles. The van der Waals surface area contributed by atoms with Crippen LogP contribution in [0.3, 0.4) is 0 Å². The number of hydrogen-bond acceptors (Lipinski definition) is 5. The maximum atomic E-state index is 12.0. The van der Waals surface area contributed by atoms with Gasteiger partial charge in [0.15, 0.2) is 5.78 Å². The highest BCUT2D eigenvalue weighted by Gasteiger charge is 2.59. The van der Waals surface area contributed by atoms with Crippen molar-refractivity contribution < 1.29 is 14.4 Å². The van der Waals surface area contributed by atoms with Crippen molar-refractivity contribution in [3.63, 3.8) is 0 Å². The molecule has 2 N–H and O–H groups in total. The molecule has 0 aromatic heterocycles. The van der Waals surface area contributed by atoms with Crippen LogP contribution in [0.1, 0.15) is 78.6 Å². The summed E-state index contributed by atoms with van der Waals surface area (Å²) >= 11 is 0. The number of carbonyl (C=O) groups excluding carboxylic acids is 2. The van der Waals surface area contributed by atoms with Gasteiger partial charge in [0.25, 0.3) is 0 Å². The Labute approximate surface area is 193 Å². The van der Waals surface area contributed by atoms with Crippen LogP contribution < -0.4 is 10.6 Å². The number of oxime groups is 1. The van der Waals surface area contributed by atoms with E-state index in [1.165, 1.54) is 31.3 Å². The van der Waals surface area contributed by atoms with Gasteiger partial charge in [-0.1, -0.05) is 24.6 Å². The number of fused-ring (bicyclic) bond motifs is 5. The largest absolute Gasteiger partial charge is 0.433 e. The molecule has 4 rings (SSSR count). The Bertz CT molecular complexity index is 806. The molecule has 0 aliphatic heterocycles. The summed E-state index contributed by atoms with van der Waals surface area (Å²) in [5, 5.41) is 10.1. The maximum absolute atomic E-state index is 12.0. The topological polar surface area (TPSA) is 79.8 Å². The average molecular weight is 444 g/mol. The zero-order chi connectivity index (χ0) is 22.9. The van der Waals surface area contributed by atoms with E-state index < -0.39 is 6.09 Å². The van der Waals surface area contributed by atoms with E-state index in [4.69, 9.17) is 4.84 Å². The molecule has 1 amide bonds. The van der Waals surface area contributed by atoms with Gasteiger partial charge in [0.1, 0.15) is 0 Å². The minimum absolute atomic E-state index is 0.216. The Morgan fingerprint density at radius 3 is 2.72 bits per heavy atom. The van der Waals surface area contributed by atoms with Gasteiger partial charge >= 0.3 is 6.09 Å². The van der Waals surface area contributed by atoms with E-state index in [0.29, 0.717) is 36.5 Å². The SMILES string of the molecule is CNCCCNC(=O)O/N=C(\C)[C@H]1CC[C@H]2[C@@H]3CCC4=CC(=O)CC[C@]4(C)[C@H]3CC[C@]12C. The van der Waals surface area contributed by atoms with Crippen LogP contribution in [0.2, 0.25) is 0 Å². The second-order valence-electron chi connectivity index (χ2n) is 11.1. The fourth-order valence-corrected chi connectivity index (χ4v) is 7.91. The minimum atomic E-state index is -0.463. The molecule has 6 atom stereocenters. The highest BCUT2D eigenvalue weighted by Crippen LogP contribution is 2.66. The molecule has 0 heterocycles. The Morgan fingerprint density at radius 1 is 1.12 bits per heavy atom. The number of hydrogen-bond donors (Lipinski definition) is 2. The van der Waals surface area contributed by atoms with Crippen molar-refractivity contribution in [2.75, 3.05) is 20.1 Å². The van der Waals surface area contributed by atoms with E-state index >= 15 is 0 Å². The van der Waals surface area contributed by atoms with Crippen molar-refractivity contribution in [3.8, 4) is 0 Å². The molecule has 0 bridgehead atoms. The lowest BCUT2D eigenvalue weighted by molar-refractivity contribution is -0.117. The van der Waals surface area contributed by atoms with E-state index in [0.717, 1.165) is 43.9 Å². The highest BCUT2D eigenvalue weighted by molar-refractivity contribution is 5.91. The van der Waals surface area contributed by atoms with Crippen molar-refractivity contribution in [2.45, 2.75) is 78.6 Å². The van der Waals surface area contributed by atoms with Gasteiger partial charge in [0, 0.05) is 18.9 Å². The van der Waals surface area contributed by atoms with Gasteiger partial charge in [-0.3, -0.25) is 9.63 Å². The van der Waals surface area contributed by atoms with Crippen molar-refractivity contribution >= 4 is 17.6 Å². The van der Waals surface area contributed by atoms with E-state index in [9.17, 15) is 9.59 Å². The Morgan fingerprint density at radius 2 is 1.94 bits per heavy atom. The molecular formula is C26H41N3O3. The molecule has 0 aromatic carbocycles. The molecule has 6 nitrogen and oxygen atoms in total. The third-order valence-corrected chi connectivity index (χ3v) is 9.61. The lowest BCUT2D eigenvalue weighted by atomic mass is 9.46. The summed E-state index contributed by atoms with van der Waals surface area (Å²) in [5.74, 6) is 2.84. The lowest BCUT2D eigenvalue weighted by Gasteiger charge is -2.58. The molecule has 0 unspecified atom stereocenters. The third-order valence-electron chi connectivity index (χ3n) is 9.61. The third kappa shape index (κ3) is 4.15.